The highest BCUT2D eigenvalue weighted by Gasteiger charge is 2.30. The van der Waals surface area contributed by atoms with Crippen LogP contribution in [-0.4, -0.2) is 27.9 Å². The van der Waals surface area contributed by atoms with Crippen LogP contribution in [0.5, 0.6) is 5.75 Å². The third-order valence-corrected chi connectivity index (χ3v) is 2.14. The summed E-state index contributed by atoms with van der Waals surface area (Å²) < 4.78 is 5.13. The number of carbonyl (C=O) groups is 1. The molecule has 1 rings (SSSR count). The zero-order valence-corrected chi connectivity index (χ0v) is 9.60. The summed E-state index contributed by atoms with van der Waals surface area (Å²) in [4.78, 5) is 12.0. The highest BCUT2D eigenvalue weighted by Crippen LogP contribution is 2.20. The first-order valence-electron chi connectivity index (χ1n) is 5.02. The minimum absolute atomic E-state index is 0.103. The van der Waals surface area contributed by atoms with E-state index in [2.05, 4.69) is 0 Å². The van der Waals surface area contributed by atoms with E-state index in [4.69, 9.17) is 14.9 Å². The van der Waals surface area contributed by atoms with Gasteiger partial charge >= 0.3 is 0 Å². The molecule has 0 aliphatic heterocycles. The van der Waals surface area contributed by atoms with Crippen LogP contribution in [0, 0.1) is 0 Å². The molecule has 4 heteroatoms. The lowest BCUT2D eigenvalue weighted by Crippen LogP contribution is -2.38. The van der Waals surface area contributed by atoms with E-state index in [0.717, 1.165) is 0 Å². The van der Waals surface area contributed by atoms with Crippen molar-refractivity contribution in [3.05, 3.63) is 29.8 Å². The molecule has 0 aromatic heterocycles. The monoisotopic (exact) mass is 224 g/mol. The van der Waals surface area contributed by atoms with E-state index >= 15 is 0 Å². The van der Waals surface area contributed by atoms with Crippen molar-refractivity contribution in [2.45, 2.75) is 32.7 Å². The molecule has 1 aromatic carbocycles. The highest BCUT2D eigenvalue weighted by atomic mass is 16.6. The van der Waals surface area contributed by atoms with Gasteiger partial charge < -0.3 is 14.9 Å². The summed E-state index contributed by atoms with van der Waals surface area (Å²) in [5.41, 5.74) is -0.658. The molecule has 4 nitrogen and oxygen atoms in total. The summed E-state index contributed by atoms with van der Waals surface area (Å²) in [6.45, 7) is 4.63. The van der Waals surface area contributed by atoms with Crippen LogP contribution in [0.2, 0.25) is 0 Å². The molecule has 88 valence electrons. The Hall–Kier alpha value is -1.39. The average Bonchev–Trinajstić information content (AvgIpc) is 2.16. The number of ether oxygens (including phenoxy) is 1. The van der Waals surface area contributed by atoms with Crippen molar-refractivity contribution in [2.75, 3.05) is 0 Å². The van der Waals surface area contributed by atoms with Crippen molar-refractivity contribution in [1.82, 2.24) is 0 Å². The lowest BCUT2D eigenvalue weighted by atomic mass is 9.96. The van der Waals surface area contributed by atoms with Crippen LogP contribution in [0.1, 0.15) is 31.1 Å². The molecule has 0 bridgehead atoms. The number of aromatic hydroxyl groups is 1. The molecule has 0 saturated carbocycles. The number of ketones is 1. The third kappa shape index (κ3) is 3.05. The highest BCUT2D eigenvalue weighted by molar-refractivity contribution is 6.02. The van der Waals surface area contributed by atoms with Crippen molar-refractivity contribution in [2.24, 2.45) is 0 Å². The Morgan fingerprint density at radius 2 is 1.81 bits per heavy atom. The minimum Gasteiger partial charge on any atom is -0.508 e. The van der Waals surface area contributed by atoms with Gasteiger partial charge in [0.2, 0.25) is 0 Å². The van der Waals surface area contributed by atoms with Gasteiger partial charge in [-0.15, -0.1) is 0 Å². The second-order valence-electron chi connectivity index (χ2n) is 4.10. The normalized spacial score (nSPS) is 13.5. The van der Waals surface area contributed by atoms with Crippen molar-refractivity contribution in [3.63, 3.8) is 0 Å². The predicted octanol–water partition coefficient (Wildman–Crippen LogP) is 1.71. The fourth-order valence-corrected chi connectivity index (χ4v) is 1.44. The molecule has 0 radical (unpaired) electrons. The number of phenols is 1. The number of aliphatic hydroxyl groups excluding tert-OH is 1. The Kier molecular flexibility index (Phi) is 3.67. The maximum absolute atomic E-state index is 12.0. The number of phenolic OH excluding ortho intramolecular Hbond substituents is 1. The second kappa shape index (κ2) is 4.63. The van der Waals surface area contributed by atoms with Crippen LogP contribution in [0.25, 0.3) is 0 Å². The van der Waals surface area contributed by atoms with Gasteiger partial charge in [0, 0.05) is 5.56 Å². The van der Waals surface area contributed by atoms with E-state index in [1.54, 1.807) is 13.8 Å². The third-order valence-electron chi connectivity index (χ3n) is 2.14. The van der Waals surface area contributed by atoms with Gasteiger partial charge in [-0.1, -0.05) is 0 Å². The molecule has 0 aliphatic rings. The molecular weight excluding hydrogens is 208 g/mol. The second-order valence-corrected chi connectivity index (χ2v) is 4.10. The molecule has 16 heavy (non-hydrogen) atoms. The molecule has 1 atom stereocenters. The van der Waals surface area contributed by atoms with Crippen molar-refractivity contribution in [3.8, 4) is 5.75 Å². The SMILES string of the molecule is CC(O)OC(C)(C)C(=O)c1ccc(O)cc1. The van der Waals surface area contributed by atoms with Gasteiger partial charge in [-0.25, -0.2) is 0 Å². The van der Waals surface area contributed by atoms with Crippen LogP contribution >= 0.6 is 0 Å². The van der Waals surface area contributed by atoms with E-state index in [-0.39, 0.29) is 11.5 Å². The molecular formula is C12H16O4. The summed E-state index contributed by atoms with van der Waals surface area (Å²) in [5, 5.41) is 18.2. The van der Waals surface area contributed by atoms with E-state index in [0.29, 0.717) is 5.56 Å². The van der Waals surface area contributed by atoms with E-state index in [1.807, 2.05) is 0 Å². The molecule has 0 amide bonds. The number of rotatable bonds is 4. The predicted molar refractivity (Wildman–Crippen MR) is 59.3 cm³/mol. The van der Waals surface area contributed by atoms with Crippen molar-refractivity contribution >= 4 is 5.78 Å². The molecule has 0 saturated heterocycles. The summed E-state index contributed by atoms with van der Waals surface area (Å²) in [6.07, 6.45) is -1.00. The summed E-state index contributed by atoms with van der Waals surface area (Å²) in [7, 11) is 0. The Bertz CT molecular complexity index is 365. The van der Waals surface area contributed by atoms with Crippen LogP contribution in [0.15, 0.2) is 24.3 Å². The van der Waals surface area contributed by atoms with Crippen molar-refractivity contribution < 1.29 is 19.7 Å². The quantitative estimate of drug-likeness (QED) is 0.603. The minimum atomic E-state index is -1.09. The lowest BCUT2D eigenvalue weighted by molar-refractivity contribution is -0.143. The number of hydrogen-bond acceptors (Lipinski definition) is 4. The fourth-order valence-electron chi connectivity index (χ4n) is 1.44. The molecule has 0 heterocycles. The molecule has 1 aromatic rings. The molecule has 0 aliphatic carbocycles. The zero-order valence-electron chi connectivity index (χ0n) is 9.60. The number of benzene rings is 1. The smallest absolute Gasteiger partial charge is 0.194 e. The van der Waals surface area contributed by atoms with Crippen molar-refractivity contribution in [1.29, 1.82) is 0 Å². The Labute approximate surface area is 94.5 Å². The first-order valence-corrected chi connectivity index (χ1v) is 5.02. The number of carbonyl (C=O) groups excluding carboxylic acids is 1. The Morgan fingerprint density at radius 3 is 2.25 bits per heavy atom. The van der Waals surface area contributed by atoms with Gasteiger partial charge in [-0.05, 0) is 45.0 Å². The maximum Gasteiger partial charge on any atom is 0.194 e. The van der Waals surface area contributed by atoms with E-state index in [9.17, 15) is 4.79 Å². The molecule has 0 fully saturated rings. The number of Topliss-reactive ketones (excluding diaryl/α,β-unsaturated/α-hetero) is 1. The lowest BCUT2D eigenvalue weighted by Gasteiger charge is -2.25. The topological polar surface area (TPSA) is 66.8 Å². The standard InChI is InChI=1S/C12H16O4/c1-8(13)16-12(2,3)11(15)9-4-6-10(14)7-5-9/h4-8,13-14H,1-3H3. The number of aliphatic hydroxyl groups is 1. The first-order chi connectivity index (χ1) is 7.33. The van der Waals surface area contributed by atoms with E-state index < -0.39 is 11.9 Å². The number of hydrogen-bond donors (Lipinski definition) is 2. The largest absolute Gasteiger partial charge is 0.508 e. The van der Waals surface area contributed by atoms with Gasteiger partial charge in [0.05, 0.1) is 0 Å². The molecule has 0 spiro atoms. The van der Waals surface area contributed by atoms with Gasteiger partial charge in [0.25, 0.3) is 0 Å². The van der Waals surface area contributed by atoms with Crippen LogP contribution in [-0.2, 0) is 4.74 Å². The van der Waals surface area contributed by atoms with Gasteiger partial charge in [-0.2, -0.15) is 0 Å². The fraction of sp³-hybridized carbons (Fsp3) is 0.417. The van der Waals surface area contributed by atoms with Crippen LogP contribution in [0.4, 0.5) is 0 Å². The molecule has 2 N–H and O–H groups in total. The maximum atomic E-state index is 12.0. The van der Waals surface area contributed by atoms with Crippen LogP contribution < -0.4 is 0 Å². The summed E-state index contributed by atoms with van der Waals surface area (Å²) in [6, 6.07) is 5.91. The van der Waals surface area contributed by atoms with Gasteiger partial charge in [0.15, 0.2) is 12.1 Å². The molecule has 1 unspecified atom stereocenters. The Morgan fingerprint density at radius 1 is 1.31 bits per heavy atom. The van der Waals surface area contributed by atoms with Gasteiger partial charge in [0.1, 0.15) is 11.4 Å². The summed E-state index contributed by atoms with van der Waals surface area (Å²) in [5.74, 6) is -0.140. The first kappa shape index (κ1) is 12.7. The van der Waals surface area contributed by atoms with Crippen LogP contribution in [0.3, 0.4) is 0 Å². The van der Waals surface area contributed by atoms with E-state index in [1.165, 1.54) is 31.2 Å². The zero-order chi connectivity index (χ0) is 12.3. The van der Waals surface area contributed by atoms with Gasteiger partial charge in [-0.3, -0.25) is 4.79 Å². The Balaban J connectivity index is 2.88. The average molecular weight is 224 g/mol. The summed E-state index contributed by atoms with van der Waals surface area (Å²) >= 11 is 0.